The monoisotopic (exact) mass is 301 g/mol. The van der Waals surface area contributed by atoms with Gasteiger partial charge in [-0.15, -0.1) is 0 Å². The Morgan fingerprint density at radius 3 is 2.62 bits per heavy atom. The Hall–Kier alpha value is -1.58. The number of nitrogens with one attached hydrogen (secondary N) is 1. The second-order valence-corrected chi connectivity index (χ2v) is 5.81. The summed E-state index contributed by atoms with van der Waals surface area (Å²) >= 11 is 6.17. The molecule has 1 fully saturated rings. The number of rotatable bonds is 5. The molecule has 0 aliphatic carbocycles. The van der Waals surface area contributed by atoms with Crippen molar-refractivity contribution < 1.29 is 0 Å². The van der Waals surface area contributed by atoms with Crippen LogP contribution in [0, 0.1) is 0 Å². The summed E-state index contributed by atoms with van der Waals surface area (Å²) in [7, 11) is 0. The summed E-state index contributed by atoms with van der Waals surface area (Å²) in [4.78, 5) is 6.58. The molecule has 1 aromatic carbocycles. The Labute approximate surface area is 131 Å². The summed E-state index contributed by atoms with van der Waals surface area (Å²) in [5, 5.41) is 4.15. The van der Waals surface area contributed by atoms with E-state index in [1.165, 1.54) is 31.5 Å². The quantitative estimate of drug-likeness (QED) is 0.905. The van der Waals surface area contributed by atoms with Gasteiger partial charge in [-0.3, -0.25) is 9.88 Å². The number of hydrogen-bond acceptors (Lipinski definition) is 3. The van der Waals surface area contributed by atoms with Crippen LogP contribution in [0.1, 0.15) is 24.4 Å². The Kier molecular flexibility index (Phi) is 4.73. The van der Waals surface area contributed by atoms with Gasteiger partial charge < -0.3 is 5.32 Å². The van der Waals surface area contributed by atoms with Crippen LogP contribution in [0.5, 0.6) is 0 Å². The maximum atomic E-state index is 6.17. The van der Waals surface area contributed by atoms with Crippen LogP contribution in [0.15, 0.2) is 48.8 Å². The smallest absolute Gasteiger partial charge is 0.0820 e. The topological polar surface area (TPSA) is 28.2 Å². The molecule has 21 heavy (non-hydrogen) atoms. The SMILES string of the molecule is Clc1cnccc1NCC(c1ccccc1)N1CCCC1. The number of benzene rings is 1. The maximum absolute atomic E-state index is 6.17. The van der Waals surface area contributed by atoms with Crippen molar-refractivity contribution in [3.05, 3.63) is 59.4 Å². The summed E-state index contributed by atoms with van der Waals surface area (Å²) < 4.78 is 0. The third-order valence-corrected chi connectivity index (χ3v) is 4.33. The second-order valence-electron chi connectivity index (χ2n) is 5.41. The van der Waals surface area contributed by atoms with Crippen molar-refractivity contribution in [2.24, 2.45) is 0 Å². The fraction of sp³-hybridized carbons (Fsp3) is 0.353. The average Bonchev–Trinajstić information content (AvgIpc) is 3.04. The van der Waals surface area contributed by atoms with Gasteiger partial charge in [-0.25, -0.2) is 0 Å². The normalized spacial score (nSPS) is 16.8. The molecule has 0 amide bonds. The van der Waals surface area contributed by atoms with Gasteiger partial charge >= 0.3 is 0 Å². The van der Waals surface area contributed by atoms with Crippen LogP contribution in [-0.4, -0.2) is 29.5 Å². The summed E-state index contributed by atoms with van der Waals surface area (Å²) in [6.07, 6.45) is 6.03. The molecule has 1 aliphatic rings. The van der Waals surface area contributed by atoms with Crippen molar-refractivity contribution in [1.82, 2.24) is 9.88 Å². The van der Waals surface area contributed by atoms with Gasteiger partial charge in [-0.1, -0.05) is 41.9 Å². The van der Waals surface area contributed by atoms with Gasteiger partial charge in [0.15, 0.2) is 0 Å². The van der Waals surface area contributed by atoms with E-state index in [2.05, 4.69) is 45.5 Å². The molecule has 3 rings (SSSR count). The third-order valence-electron chi connectivity index (χ3n) is 4.02. The largest absolute Gasteiger partial charge is 0.382 e. The second kappa shape index (κ2) is 6.92. The van der Waals surface area contributed by atoms with Crippen molar-refractivity contribution in [1.29, 1.82) is 0 Å². The molecule has 3 nitrogen and oxygen atoms in total. The lowest BCUT2D eigenvalue weighted by atomic mass is 10.1. The standard InChI is InChI=1S/C17H20ClN3/c18-15-12-19-9-8-16(15)20-13-17(21-10-4-5-11-21)14-6-2-1-3-7-14/h1-3,6-9,12,17H,4-5,10-11,13H2,(H,19,20). The molecule has 0 bridgehead atoms. The first-order chi connectivity index (χ1) is 10.3. The van der Waals surface area contributed by atoms with Gasteiger partial charge in [0.1, 0.15) is 0 Å². The first-order valence-corrected chi connectivity index (χ1v) is 7.85. The first-order valence-electron chi connectivity index (χ1n) is 7.47. The minimum Gasteiger partial charge on any atom is -0.382 e. The number of nitrogens with zero attached hydrogens (tertiary/aromatic N) is 2. The van der Waals surface area contributed by atoms with Crippen molar-refractivity contribution in [3.8, 4) is 0 Å². The van der Waals surface area contributed by atoms with Crippen LogP contribution in [-0.2, 0) is 0 Å². The minimum absolute atomic E-state index is 0.387. The van der Waals surface area contributed by atoms with E-state index in [9.17, 15) is 0 Å². The van der Waals surface area contributed by atoms with Crippen molar-refractivity contribution >= 4 is 17.3 Å². The number of aromatic nitrogens is 1. The summed E-state index contributed by atoms with van der Waals surface area (Å²) in [6.45, 7) is 3.20. The van der Waals surface area contributed by atoms with E-state index in [4.69, 9.17) is 11.6 Å². The molecule has 2 aromatic rings. The first kappa shape index (κ1) is 14.4. The molecule has 1 saturated heterocycles. The lowest BCUT2D eigenvalue weighted by molar-refractivity contribution is 0.256. The number of hydrogen-bond donors (Lipinski definition) is 1. The molecule has 0 radical (unpaired) electrons. The van der Waals surface area contributed by atoms with E-state index in [0.29, 0.717) is 11.1 Å². The Morgan fingerprint density at radius 1 is 1.14 bits per heavy atom. The average molecular weight is 302 g/mol. The van der Waals surface area contributed by atoms with E-state index >= 15 is 0 Å². The van der Waals surface area contributed by atoms with Crippen LogP contribution >= 0.6 is 11.6 Å². The van der Waals surface area contributed by atoms with Crippen LogP contribution in [0.2, 0.25) is 5.02 Å². The maximum Gasteiger partial charge on any atom is 0.0820 e. The van der Waals surface area contributed by atoms with Gasteiger partial charge in [0.05, 0.1) is 16.8 Å². The Bertz CT molecular complexity index is 567. The molecule has 1 atom stereocenters. The van der Waals surface area contributed by atoms with Gasteiger partial charge in [-0.2, -0.15) is 0 Å². The molecule has 1 aliphatic heterocycles. The van der Waals surface area contributed by atoms with Gasteiger partial charge in [-0.05, 0) is 37.6 Å². The van der Waals surface area contributed by atoms with E-state index < -0.39 is 0 Å². The zero-order valence-electron chi connectivity index (χ0n) is 12.0. The Balaban J connectivity index is 1.75. The highest BCUT2D eigenvalue weighted by Gasteiger charge is 2.23. The van der Waals surface area contributed by atoms with Crippen LogP contribution < -0.4 is 5.32 Å². The molecular formula is C17H20ClN3. The molecular weight excluding hydrogens is 282 g/mol. The number of pyridine rings is 1. The number of halogens is 1. The zero-order valence-corrected chi connectivity index (χ0v) is 12.8. The number of anilines is 1. The zero-order chi connectivity index (χ0) is 14.5. The highest BCUT2D eigenvalue weighted by molar-refractivity contribution is 6.33. The van der Waals surface area contributed by atoms with Gasteiger partial charge in [0.2, 0.25) is 0 Å². The predicted octanol–water partition coefficient (Wildman–Crippen LogP) is 3.98. The summed E-state index contributed by atoms with van der Waals surface area (Å²) in [5.41, 5.74) is 2.31. The molecule has 0 saturated carbocycles. The molecule has 4 heteroatoms. The van der Waals surface area contributed by atoms with Crippen LogP contribution in [0.3, 0.4) is 0 Å². The fourth-order valence-electron chi connectivity index (χ4n) is 2.91. The molecule has 1 aromatic heterocycles. The molecule has 2 heterocycles. The van der Waals surface area contributed by atoms with Crippen molar-refractivity contribution in [2.75, 3.05) is 25.0 Å². The van der Waals surface area contributed by atoms with Crippen LogP contribution in [0.4, 0.5) is 5.69 Å². The highest BCUT2D eigenvalue weighted by Crippen LogP contribution is 2.27. The third kappa shape index (κ3) is 3.55. The molecule has 1 N–H and O–H groups in total. The molecule has 1 unspecified atom stereocenters. The van der Waals surface area contributed by atoms with Crippen molar-refractivity contribution in [3.63, 3.8) is 0 Å². The lowest BCUT2D eigenvalue weighted by Crippen LogP contribution is -2.31. The molecule has 0 spiro atoms. The summed E-state index contributed by atoms with van der Waals surface area (Å²) in [6, 6.07) is 13.0. The lowest BCUT2D eigenvalue weighted by Gasteiger charge is -2.28. The minimum atomic E-state index is 0.387. The number of likely N-dealkylation sites (tertiary alicyclic amines) is 1. The van der Waals surface area contributed by atoms with E-state index in [0.717, 1.165) is 12.2 Å². The van der Waals surface area contributed by atoms with E-state index in [1.807, 2.05) is 6.07 Å². The van der Waals surface area contributed by atoms with Gasteiger partial charge in [0, 0.05) is 18.9 Å². The Morgan fingerprint density at radius 2 is 1.90 bits per heavy atom. The summed E-state index contributed by atoms with van der Waals surface area (Å²) in [5.74, 6) is 0. The van der Waals surface area contributed by atoms with E-state index in [-0.39, 0.29) is 0 Å². The van der Waals surface area contributed by atoms with Crippen LogP contribution in [0.25, 0.3) is 0 Å². The van der Waals surface area contributed by atoms with Crippen molar-refractivity contribution in [2.45, 2.75) is 18.9 Å². The van der Waals surface area contributed by atoms with Gasteiger partial charge in [0.25, 0.3) is 0 Å². The predicted molar refractivity (Wildman–Crippen MR) is 87.7 cm³/mol. The molecule has 110 valence electrons. The fourth-order valence-corrected chi connectivity index (χ4v) is 3.10. The highest BCUT2D eigenvalue weighted by atomic mass is 35.5. The van der Waals surface area contributed by atoms with E-state index in [1.54, 1.807) is 12.4 Å².